The van der Waals surface area contributed by atoms with Gasteiger partial charge in [0.2, 0.25) is 5.91 Å². The summed E-state index contributed by atoms with van der Waals surface area (Å²) < 4.78 is 5.54. The predicted molar refractivity (Wildman–Crippen MR) is 124 cm³/mol. The molecule has 0 bridgehead atoms. The van der Waals surface area contributed by atoms with Gasteiger partial charge in [-0.25, -0.2) is 4.79 Å². The van der Waals surface area contributed by atoms with E-state index in [1.807, 2.05) is 24.3 Å². The molecule has 3 N–H and O–H groups in total. The van der Waals surface area contributed by atoms with E-state index in [-0.39, 0.29) is 43.2 Å². The first-order valence-corrected chi connectivity index (χ1v) is 11.5. The molecule has 2 amide bonds. The summed E-state index contributed by atoms with van der Waals surface area (Å²) in [7, 11) is 0. The average Bonchev–Trinajstić information content (AvgIpc) is 3.33. The van der Waals surface area contributed by atoms with Gasteiger partial charge in [0.25, 0.3) is 0 Å². The van der Waals surface area contributed by atoms with Crippen molar-refractivity contribution < 1.29 is 24.2 Å². The summed E-state index contributed by atoms with van der Waals surface area (Å²) in [5.41, 5.74) is 4.62. The number of carbonyl (C=O) groups excluding carboxylic acids is 2. The summed E-state index contributed by atoms with van der Waals surface area (Å²) in [5.74, 6) is -1.08. The van der Waals surface area contributed by atoms with Gasteiger partial charge in [-0.15, -0.1) is 0 Å². The Bertz CT molecular complexity index is 991. The fourth-order valence-corrected chi connectivity index (χ4v) is 5.13. The van der Waals surface area contributed by atoms with E-state index in [2.05, 4.69) is 34.9 Å². The number of carbonyl (C=O) groups is 3. The number of ether oxygens (including phenoxy) is 1. The van der Waals surface area contributed by atoms with Crippen LogP contribution in [0.4, 0.5) is 4.79 Å². The van der Waals surface area contributed by atoms with Crippen LogP contribution in [0.25, 0.3) is 11.1 Å². The molecule has 0 spiro atoms. The standard InChI is InChI=1S/C26H30N2O5/c1-16(13-24(29)28-23-12-6-7-17(23)14-25(30)31)27-26(32)33-15-22-20-10-4-2-8-18(20)19-9-3-5-11-21(19)22/h2-5,8-11,16-17,22-23H,6-7,12-15H2,1H3,(H,27,32)(H,28,29)(H,30,31)/t16-,17-,23+/m0/s1. The molecule has 2 aliphatic carbocycles. The lowest BCUT2D eigenvalue weighted by molar-refractivity contribution is -0.138. The first-order valence-electron chi connectivity index (χ1n) is 11.5. The monoisotopic (exact) mass is 450 g/mol. The second-order valence-electron chi connectivity index (χ2n) is 9.04. The molecule has 0 aliphatic heterocycles. The second kappa shape index (κ2) is 10.1. The predicted octanol–water partition coefficient (Wildman–Crippen LogP) is 4.06. The zero-order chi connectivity index (χ0) is 23.4. The van der Waals surface area contributed by atoms with Crippen LogP contribution in [0.15, 0.2) is 48.5 Å². The number of aliphatic carboxylic acids is 1. The lowest BCUT2D eigenvalue weighted by Gasteiger charge is -2.21. The fraction of sp³-hybridized carbons (Fsp3) is 0.423. The van der Waals surface area contributed by atoms with E-state index < -0.39 is 18.1 Å². The van der Waals surface area contributed by atoms with Crippen LogP contribution in [0.5, 0.6) is 0 Å². The molecule has 7 heteroatoms. The van der Waals surface area contributed by atoms with E-state index in [4.69, 9.17) is 9.84 Å². The molecule has 174 valence electrons. The molecular formula is C26H30N2O5. The summed E-state index contributed by atoms with van der Waals surface area (Å²) in [5, 5.41) is 14.7. The minimum Gasteiger partial charge on any atom is -0.481 e. The van der Waals surface area contributed by atoms with E-state index in [1.165, 1.54) is 11.1 Å². The van der Waals surface area contributed by atoms with Crippen molar-refractivity contribution in [3.8, 4) is 11.1 Å². The highest BCUT2D eigenvalue weighted by Gasteiger charge is 2.31. The number of nitrogens with one attached hydrogen (secondary N) is 2. The number of amides is 2. The van der Waals surface area contributed by atoms with Crippen molar-refractivity contribution in [1.29, 1.82) is 0 Å². The van der Waals surface area contributed by atoms with Gasteiger partial charge in [-0.2, -0.15) is 0 Å². The minimum absolute atomic E-state index is 0.0183. The van der Waals surface area contributed by atoms with E-state index >= 15 is 0 Å². The molecule has 33 heavy (non-hydrogen) atoms. The summed E-state index contributed by atoms with van der Waals surface area (Å²) in [6.07, 6.45) is 2.14. The van der Waals surface area contributed by atoms with Crippen LogP contribution in [0.1, 0.15) is 56.1 Å². The number of benzene rings is 2. The van der Waals surface area contributed by atoms with Gasteiger partial charge in [-0.05, 0) is 47.9 Å². The smallest absolute Gasteiger partial charge is 0.407 e. The lowest BCUT2D eigenvalue weighted by atomic mass is 9.98. The van der Waals surface area contributed by atoms with E-state index in [9.17, 15) is 14.4 Å². The maximum atomic E-state index is 12.4. The Morgan fingerprint density at radius 1 is 1.03 bits per heavy atom. The van der Waals surface area contributed by atoms with Crippen LogP contribution in [-0.4, -0.2) is 41.8 Å². The maximum Gasteiger partial charge on any atom is 0.407 e. The Labute approximate surface area is 193 Å². The lowest BCUT2D eigenvalue weighted by Crippen LogP contribution is -2.42. The van der Waals surface area contributed by atoms with Crippen molar-refractivity contribution in [2.75, 3.05) is 6.61 Å². The van der Waals surface area contributed by atoms with Gasteiger partial charge in [-0.3, -0.25) is 9.59 Å². The van der Waals surface area contributed by atoms with Crippen molar-refractivity contribution >= 4 is 18.0 Å². The first kappa shape index (κ1) is 22.8. The Morgan fingerprint density at radius 3 is 2.30 bits per heavy atom. The number of carboxylic acids is 1. The molecule has 1 fully saturated rings. The van der Waals surface area contributed by atoms with Crippen molar-refractivity contribution in [3.63, 3.8) is 0 Å². The molecule has 3 atom stereocenters. The number of alkyl carbamates (subject to hydrolysis) is 1. The molecule has 7 nitrogen and oxygen atoms in total. The van der Waals surface area contributed by atoms with Gasteiger partial charge in [-0.1, -0.05) is 55.0 Å². The molecule has 2 aromatic carbocycles. The van der Waals surface area contributed by atoms with Crippen molar-refractivity contribution in [3.05, 3.63) is 59.7 Å². The molecule has 2 aliphatic rings. The first-order chi connectivity index (χ1) is 15.9. The highest BCUT2D eigenvalue weighted by Crippen LogP contribution is 2.44. The fourth-order valence-electron chi connectivity index (χ4n) is 5.13. The number of fused-ring (bicyclic) bond motifs is 3. The van der Waals surface area contributed by atoms with Gasteiger partial charge in [0, 0.05) is 24.4 Å². The molecule has 4 rings (SSSR count). The van der Waals surface area contributed by atoms with Gasteiger partial charge in [0.05, 0.1) is 6.42 Å². The highest BCUT2D eigenvalue weighted by atomic mass is 16.5. The highest BCUT2D eigenvalue weighted by molar-refractivity contribution is 5.80. The molecule has 0 heterocycles. The average molecular weight is 451 g/mol. The largest absolute Gasteiger partial charge is 0.481 e. The van der Waals surface area contributed by atoms with Crippen LogP contribution in [0.3, 0.4) is 0 Å². The Morgan fingerprint density at radius 2 is 1.67 bits per heavy atom. The third kappa shape index (κ3) is 5.35. The molecular weight excluding hydrogens is 420 g/mol. The van der Waals surface area contributed by atoms with Crippen LogP contribution < -0.4 is 10.6 Å². The zero-order valence-corrected chi connectivity index (χ0v) is 18.8. The third-order valence-corrected chi connectivity index (χ3v) is 6.64. The summed E-state index contributed by atoms with van der Waals surface area (Å²) >= 11 is 0. The Balaban J connectivity index is 1.26. The number of hydrogen-bond acceptors (Lipinski definition) is 4. The van der Waals surface area contributed by atoms with Gasteiger partial charge in [0.1, 0.15) is 6.61 Å². The molecule has 1 saturated carbocycles. The molecule has 0 radical (unpaired) electrons. The normalized spacial score (nSPS) is 19.9. The van der Waals surface area contributed by atoms with Gasteiger partial charge >= 0.3 is 12.1 Å². The number of carboxylic acid groups (broad SMARTS) is 1. The Kier molecular flexibility index (Phi) is 6.96. The topological polar surface area (TPSA) is 105 Å². The third-order valence-electron chi connectivity index (χ3n) is 6.64. The van der Waals surface area contributed by atoms with Crippen molar-refractivity contribution in [1.82, 2.24) is 10.6 Å². The zero-order valence-electron chi connectivity index (χ0n) is 18.8. The molecule has 2 aromatic rings. The quantitative estimate of drug-likeness (QED) is 0.563. The maximum absolute atomic E-state index is 12.4. The molecule has 0 saturated heterocycles. The Hall–Kier alpha value is -3.35. The van der Waals surface area contributed by atoms with Gasteiger partial charge in [0.15, 0.2) is 0 Å². The van der Waals surface area contributed by atoms with Crippen LogP contribution in [0, 0.1) is 5.92 Å². The van der Waals surface area contributed by atoms with Crippen LogP contribution in [-0.2, 0) is 14.3 Å². The SMILES string of the molecule is C[C@@H](CC(=O)N[C@@H]1CCC[C@H]1CC(=O)O)NC(=O)OCC1c2ccccc2-c2ccccc21. The van der Waals surface area contributed by atoms with Crippen molar-refractivity contribution in [2.24, 2.45) is 5.92 Å². The molecule has 0 aromatic heterocycles. The van der Waals surface area contributed by atoms with E-state index in [0.29, 0.717) is 0 Å². The number of hydrogen-bond donors (Lipinski definition) is 3. The molecule has 0 unspecified atom stereocenters. The van der Waals surface area contributed by atoms with Crippen LogP contribution >= 0.6 is 0 Å². The van der Waals surface area contributed by atoms with E-state index in [1.54, 1.807) is 6.92 Å². The summed E-state index contributed by atoms with van der Waals surface area (Å²) in [4.78, 5) is 35.8. The summed E-state index contributed by atoms with van der Waals surface area (Å²) in [6.45, 7) is 1.97. The van der Waals surface area contributed by atoms with E-state index in [0.717, 1.165) is 30.4 Å². The second-order valence-corrected chi connectivity index (χ2v) is 9.04. The summed E-state index contributed by atoms with van der Waals surface area (Å²) in [6, 6.07) is 15.8. The van der Waals surface area contributed by atoms with Crippen molar-refractivity contribution in [2.45, 2.75) is 57.0 Å². The van der Waals surface area contributed by atoms with Crippen LogP contribution in [0.2, 0.25) is 0 Å². The number of rotatable bonds is 8. The minimum atomic E-state index is -0.841. The van der Waals surface area contributed by atoms with Gasteiger partial charge < -0.3 is 20.5 Å².